The Hall–Kier alpha value is -1.15. The monoisotopic (exact) mass is 416 g/mol. The summed E-state index contributed by atoms with van der Waals surface area (Å²) in [5, 5.41) is 4.19. The van der Waals surface area contributed by atoms with E-state index in [4.69, 9.17) is 5.73 Å². The molecular formula is C15H21IN4S. The molecule has 0 aliphatic rings. The van der Waals surface area contributed by atoms with Crippen LogP contribution in [0.2, 0.25) is 0 Å². The predicted octanol–water partition coefficient (Wildman–Crippen LogP) is 3.87. The van der Waals surface area contributed by atoms with Gasteiger partial charge in [-0.3, -0.25) is 0 Å². The van der Waals surface area contributed by atoms with E-state index < -0.39 is 0 Å². The molecular weight excluding hydrogens is 395 g/mol. The van der Waals surface area contributed by atoms with Gasteiger partial charge in [-0.1, -0.05) is 19.1 Å². The van der Waals surface area contributed by atoms with Gasteiger partial charge in [0.2, 0.25) is 0 Å². The number of rotatable bonds is 4. The summed E-state index contributed by atoms with van der Waals surface area (Å²) in [6.45, 7) is 6.71. The summed E-state index contributed by atoms with van der Waals surface area (Å²) in [7, 11) is 0. The van der Waals surface area contributed by atoms with Crippen molar-refractivity contribution in [2.45, 2.75) is 33.7 Å². The Bertz CT molecular complexity index is 622. The summed E-state index contributed by atoms with van der Waals surface area (Å²) in [5.41, 5.74) is 9.21. The molecule has 0 bridgehead atoms. The summed E-state index contributed by atoms with van der Waals surface area (Å²) >= 11 is 1.67. The Balaban J connectivity index is 0.00000220. The van der Waals surface area contributed by atoms with E-state index >= 15 is 0 Å². The lowest BCUT2D eigenvalue weighted by molar-refractivity contribution is 1.05. The second-order valence-electron chi connectivity index (χ2n) is 4.62. The van der Waals surface area contributed by atoms with Crippen molar-refractivity contribution in [1.29, 1.82) is 0 Å². The average Bonchev–Trinajstić information content (AvgIpc) is 2.75. The highest BCUT2D eigenvalue weighted by Crippen LogP contribution is 2.18. The van der Waals surface area contributed by atoms with Gasteiger partial charge in [-0.15, -0.1) is 35.3 Å². The molecule has 2 rings (SSSR count). The standard InChI is InChI=1S/C15H20N4S.HI/c1-4-12-6-5-7-13(8-12)19-15(16)17-9-14-10(2)18-11(3)20-14;/h5-8H,4,9H2,1-3H3,(H3,16,17,19);1H. The topological polar surface area (TPSA) is 63.3 Å². The zero-order valence-electron chi connectivity index (χ0n) is 12.5. The summed E-state index contributed by atoms with van der Waals surface area (Å²) in [5.74, 6) is 0.434. The lowest BCUT2D eigenvalue weighted by Gasteiger charge is -2.06. The zero-order valence-corrected chi connectivity index (χ0v) is 15.7. The van der Waals surface area contributed by atoms with E-state index in [0.29, 0.717) is 12.5 Å². The molecule has 0 aliphatic carbocycles. The molecule has 0 spiro atoms. The first-order valence-corrected chi connectivity index (χ1v) is 7.49. The number of aromatic nitrogens is 1. The van der Waals surface area contributed by atoms with Crippen LogP contribution >= 0.6 is 35.3 Å². The van der Waals surface area contributed by atoms with Crippen LogP contribution < -0.4 is 11.1 Å². The minimum atomic E-state index is 0. The number of hydrogen-bond acceptors (Lipinski definition) is 3. The highest BCUT2D eigenvalue weighted by Gasteiger charge is 2.04. The molecule has 1 aromatic carbocycles. The van der Waals surface area contributed by atoms with Crippen molar-refractivity contribution in [2.75, 3.05) is 5.32 Å². The number of aryl methyl sites for hydroxylation is 3. The van der Waals surface area contributed by atoms with Crippen LogP contribution in [0.25, 0.3) is 0 Å². The Morgan fingerprint density at radius 3 is 2.76 bits per heavy atom. The van der Waals surface area contributed by atoms with Gasteiger partial charge in [-0.2, -0.15) is 0 Å². The van der Waals surface area contributed by atoms with Crippen molar-refractivity contribution in [1.82, 2.24) is 4.98 Å². The van der Waals surface area contributed by atoms with Gasteiger partial charge in [-0.05, 0) is 38.0 Å². The first kappa shape index (κ1) is 17.9. The fraction of sp³-hybridized carbons (Fsp3) is 0.333. The molecule has 6 heteroatoms. The number of anilines is 1. The number of nitrogens with one attached hydrogen (secondary N) is 1. The van der Waals surface area contributed by atoms with E-state index in [0.717, 1.165) is 27.7 Å². The lowest BCUT2D eigenvalue weighted by atomic mass is 10.1. The Morgan fingerprint density at radius 2 is 2.14 bits per heavy atom. The number of nitrogens with two attached hydrogens (primary N) is 1. The number of hydrogen-bond donors (Lipinski definition) is 2. The number of benzene rings is 1. The fourth-order valence-corrected chi connectivity index (χ4v) is 2.80. The summed E-state index contributed by atoms with van der Waals surface area (Å²) < 4.78 is 0. The minimum absolute atomic E-state index is 0. The van der Waals surface area contributed by atoms with Gasteiger partial charge in [0.1, 0.15) is 0 Å². The zero-order chi connectivity index (χ0) is 14.5. The molecule has 0 atom stereocenters. The Morgan fingerprint density at radius 1 is 1.38 bits per heavy atom. The quantitative estimate of drug-likeness (QED) is 0.452. The van der Waals surface area contributed by atoms with Gasteiger partial charge >= 0.3 is 0 Å². The van der Waals surface area contributed by atoms with Crippen molar-refractivity contribution < 1.29 is 0 Å². The van der Waals surface area contributed by atoms with E-state index in [1.165, 1.54) is 5.56 Å². The number of guanidine groups is 1. The predicted molar refractivity (Wildman–Crippen MR) is 102 cm³/mol. The number of nitrogens with zero attached hydrogens (tertiary/aromatic N) is 2. The molecule has 0 unspecified atom stereocenters. The molecule has 4 nitrogen and oxygen atoms in total. The first-order valence-electron chi connectivity index (χ1n) is 6.67. The second-order valence-corrected chi connectivity index (χ2v) is 5.91. The van der Waals surface area contributed by atoms with Gasteiger partial charge < -0.3 is 11.1 Å². The first-order chi connectivity index (χ1) is 9.58. The molecule has 0 aliphatic heterocycles. The van der Waals surface area contributed by atoms with Gasteiger partial charge in [0.05, 0.1) is 17.2 Å². The smallest absolute Gasteiger partial charge is 0.193 e. The van der Waals surface area contributed by atoms with Crippen LogP contribution in [0.4, 0.5) is 5.69 Å². The fourth-order valence-electron chi connectivity index (χ4n) is 1.93. The van der Waals surface area contributed by atoms with Crippen LogP contribution in [-0.2, 0) is 13.0 Å². The molecule has 0 saturated heterocycles. The Kier molecular flexibility index (Phi) is 7.10. The number of halogens is 1. The maximum atomic E-state index is 5.93. The normalized spacial score (nSPS) is 11.1. The molecule has 3 N–H and O–H groups in total. The second kappa shape index (κ2) is 8.33. The molecule has 1 aromatic heterocycles. The minimum Gasteiger partial charge on any atom is -0.370 e. The van der Waals surface area contributed by atoms with Crippen molar-refractivity contribution in [3.05, 3.63) is 45.4 Å². The van der Waals surface area contributed by atoms with Gasteiger partial charge in [-0.25, -0.2) is 9.98 Å². The third-order valence-corrected chi connectivity index (χ3v) is 4.06. The molecule has 0 fully saturated rings. The average molecular weight is 416 g/mol. The molecule has 1 heterocycles. The summed E-state index contributed by atoms with van der Waals surface area (Å²) in [4.78, 5) is 9.92. The maximum Gasteiger partial charge on any atom is 0.193 e. The molecule has 0 radical (unpaired) electrons. The molecule has 2 aromatic rings. The van der Waals surface area contributed by atoms with Crippen LogP contribution in [0.5, 0.6) is 0 Å². The lowest BCUT2D eigenvalue weighted by Crippen LogP contribution is -2.22. The van der Waals surface area contributed by atoms with E-state index in [9.17, 15) is 0 Å². The SMILES string of the molecule is CCc1cccc(NC(N)=NCc2sc(C)nc2C)c1.I. The van der Waals surface area contributed by atoms with E-state index in [2.05, 4.69) is 34.3 Å². The summed E-state index contributed by atoms with van der Waals surface area (Å²) in [6.07, 6.45) is 1.01. The van der Waals surface area contributed by atoms with E-state index in [1.807, 2.05) is 26.0 Å². The molecule has 0 saturated carbocycles. The third-order valence-electron chi connectivity index (χ3n) is 3.00. The van der Waals surface area contributed by atoms with Crippen molar-refractivity contribution in [2.24, 2.45) is 10.7 Å². The number of aliphatic imine (C=N–C) groups is 1. The van der Waals surface area contributed by atoms with Crippen molar-refractivity contribution in [3.63, 3.8) is 0 Å². The van der Waals surface area contributed by atoms with Crippen LogP contribution in [0.1, 0.15) is 28.1 Å². The van der Waals surface area contributed by atoms with Gasteiger partial charge in [0.25, 0.3) is 0 Å². The van der Waals surface area contributed by atoms with Gasteiger partial charge in [0.15, 0.2) is 5.96 Å². The van der Waals surface area contributed by atoms with E-state index in [1.54, 1.807) is 11.3 Å². The molecule has 21 heavy (non-hydrogen) atoms. The van der Waals surface area contributed by atoms with Crippen LogP contribution in [0, 0.1) is 13.8 Å². The highest BCUT2D eigenvalue weighted by atomic mass is 127. The Labute approximate surface area is 146 Å². The van der Waals surface area contributed by atoms with E-state index in [-0.39, 0.29) is 24.0 Å². The molecule has 114 valence electrons. The molecule has 0 amide bonds. The van der Waals surface area contributed by atoms with Crippen molar-refractivity contribution in [3.8, 4) is 0 Å². The van der Waals surface area contributed by atoms with Crippen molar-refractivity contribution >= 4 is 47.0 Å². The van der Waals surface area contributed by atoms with Crippen LogP contribution in [-0.4, -0.2) is 10.9 Å². The van der Waals surface area contributed by atoms with Crippen LogP contribution in [0.15, 0.2) is 29.3 Å². The third kappa shape index (κ3) is 5.28. The largest absolute Gasteiger partial charge is 0.370 e. The van der Waals surface area contributed by atoms with Gasteiger partial charge in [0, 0.05) is 10.6 Å². The summed E-state index contributed by atoms with van der Waals surface area (Å²) in [6, 6.07) is 8.20. The maximum absolute atomic E-state index is 5.93. The van der Waals surface area contributed by atoms with Crippen LogP contribution in [0.3, 0.4) is 0 Å². The number of thiazole rings is 1. The highest BCUT2D eigenvalue weighted by molar-refractivity contribution is 14.0.